The van der Waals surface area contributed by atoms with Gasteiger partial charge in [-0.25, -0.2) is 18.4 Å². The standard InChI is InChI=1S/C17H28N4O2S/c1-24(22,23)15-12-20-17(19-10-13-6-3-2-4-7-13)21-16(15)14-8-5-9-18-11-14/h12-14,18H,2-11H2,1H3,(H,19,20,21)/t14-/m1/s1. The van der Waals surface area contributed by atoms with Gasteiger partial charge >= 0.3 is 0 Å². The van der Waals surface area contributed by atoms with E-state index in [0.29, 0.717) is 17.6 Å². The predicted octanol–water partition coefficient (Wildman–Crippen LogP) is 2.34. The van der Waals surface area contributed by atoms with E-state index in [0.717, 1.165) is 32.5 Å². The number of aromatic nitrogens is 2. The molecule has 1 aromatic heterocycles. The third-order valence-corrected chi connectivity index (χ3v) is 6.25. The van der Waals surface area contributed by atoms with Gasteiger partial charge in [-0.3, -0.25) is 0 Å². The molecule has 1 atom stereocenters. The van der Waals surface area contributed by atoms with Crippen LogP contribution in [0.2, 0.25) is 0 Å². The molecule has 24 heavy (non-hydrogen) atoms. The zero-order chi connectivity index (χ0) is 17.0. The van der Waals surface area contributed by atoms with E-state index in [-0.39, 0.29) is 10.8 Å². The van der Waals surface area contributed by atoms with Crippen molar-refractivity contribution < 1.29 is 8.42 Å². The van der Waals surface area contributed by atoms with Gasteiger partial charge in [-0.05, 0) is 38.1 Å². The van der Waals surface area contributed by atoms with Crippen molar-refractivity contribution in [3.8, 4) is 0 Å². The molecule has 2 aliphatic rings. The van der Waals surface area contributed by atoms with Gasteiger partial charge in [0.15, 0.2) is 9.84 Å². The number of rotatable bonds is 5. The lowest BCUT2D eigenvalue weighted by Gasteiger charge is -2.25. The molecule has 7 heteroatoms. The Morgan fingerprint density at radius 1 is 1.21 bits per heavy atom. The highest BCUT2D eigenvalue weighted by atomic mass is 32.2. The second-order valence-electron chi connectivity index (χ2n) is 7.14. The fourth-order valence-corrected chi connectivity index (χ4v) is 4.60. The van der Waals surface area contributed by atoms with Crippen LogP contribution in [0, 0.1) is 5.92 Å². The summed E-state index contributed by atoms with van der Waals surface area (Å²) in [6.45, 7) is 2.64. The molecule has 0 radical (unpaired) electrons. The molecule has 1 saturated heterocycles. The average Bonchev–Trinajstić information content (AvgIpc) is 2.60. The molecular weight excluding hydrogens is 324 g/mol. The molecule has 3 rings (SSSR count). The number of hydrogen-bond acceptors (Lipinski definition) is 6. The minimum absolute atomic E-state index is 0.140. The van der Waals surface area contributed by atoms with Gasteiger partial charge in [-0.1, -0.05) is 19.3 Å². The second-order valence-corrected chi connectivity index (χ2v) is 9.13. The average molecular weight is 353 g/mol. The first-order chi connectivity index (χ1) is 11.5. The molecule has 2 heterocycles. The molecule has 1 saturated carbocycles. The van der Waals surface area contributed by atoms with Gasteiger partial charge in [0, 0.05) is 25.3 Å². The third-order valence-electron chi connectivity index (χ3n) is 5.14. The highest BCUT2D eigenvalue weighted by Gasteiger charge is 2.25. The smallest absolute Gasteiger partial charge is 0.222 e. The molecule has 1 aliphatic carbocycles. The zero-order valence-electron chi connectivity index (χ0n) is 14.4. The van der Waals surface area contributed by atoms with E-state index in [2.05, 4.69) is 20.6 Å². The second kappa shape index (κ2) is 7.78. The van der Waals surface area contributed by atoms with Gasteiger partial charge in [-0.15, -0.1) is 0 Å². The molecule has 134 valence electrons. The van der Waals surface area contributed by atoms with Gasteiger partial charge in [0.25, 0.3) is 0 Å². The van der Waals surface area contributed by atoms with E-state index in [1.54, 1.807) is 0 Å². The minimum atomic E-state index is -3.32. The Labute approximate surface area is 144 Å². The van der Waals surface area contributed by atoms with Crippen LogP contribution in [0.25, 0.3) is 0 Å². The van der Waals surface area contributed by atoms with E-state index in [4.69, 9.17) is 0 Å². The van der Waals surface area contributed by atoms with Crippen molar-refractivity contribution in [1.29, 1.82) is 0 Å². The summed E-state index contributed by atoms with van der Waals surface area (Å²) in [4.78, 5) is 9.15. The molecule has 6 nitrogen and oxygen atoms in total. The Hall–Kier alpha value is -1.21. The SMILES string of the molecule is CS(=O)(=O)c1cnc(NCC2CCCCC2)nc1[C@@H]1CCCNC1. The van der Waals surface area contributed by atoms with Gasteiger partial charge in [0.2, 0.25) is 5.95 Å². The molecule has 2 fully saturated rings. The van der Waals surface area contributed by atoms with Crippen LogP contribution in [0.1, 0.15) is 56.6 Å². The van der Waals surface area contributed by atoms with Gasteiger partial charge in [-0.2, -0.15) is 0 Å². The molecule has 1 aromatic rings. The largest absolute Gasteiger partial charge is 0.354 e. The van der Waals surface area contributed by atoms with Gasteiger partial charge in [0.05, 0.1) is 11.9 Å². The highest BCUT2D eigenvalue weighted by Crippen LogP contribution is 2.28. The normalized spacial score (nSPS) is 23.1. The van der Waals surface area contributed by atoms with Crippen LogP contribution in [-0.2, 0) is 9.84 Å². The molecule has 2 N–H and O–H groups in total. The Morgan fingerprint density at radius 3 is 2.67 bits per heavy atom. The highest BCUT2D eigenvalue weighted by molar-refractivity contribution is 7.90. The first kappa shape index (κ1) is 17.6. The number of hydrogen-bond donors (Lipinski definition) is 2. The lowest BCUT2D eigenvalue weighted by atomic mass is 9.89. The van der Waals surface area contributed by atoms with Crippen LogP contribution in [0.15, 0.2) is 11.1 Å². The van der Waals surface area contributed by atoms with Crippen molar-refractivity contribution in [2.75, 3.05) is 31.2 Å². The summed E-state index contributed by atoms with van der Waals surface area (Å²) >= 11 is 0. The fourth-order valence-electron chi connectivity index (χ4n) is 3.76. The molecule has 0 unspecified atom stereocenters. The van der Waals surface area contributed by atoms with Gasteiger partial charge in [0.1, 0.15) is 4.90 Å². The number of anilines is 1. The van der Waals surface area contributed by atoms with Crippen molar-refractivity contribution in [1.82, 2.24) is 15.3 Å². The van der Waals surface area contributed by atoms with E-state index in [1.165, 1.54) is 44.6 Å². The fraction of sp³-hybridized carbons (Fsp3) is 0.765. The number of piperidine rings is 1. The van der Waals surface area contributed by atoms with E-state index < -0.39 is 9.84 Å². The predicted molar refractivity (Wildman–Crippen MR) is 95.1 cm³/mol. The first-order valence-electron chi connectivity index (χ1n) is 9.05. The van der Waals surface area contributed by atoms with Crippen LogP contribution < -0.4 is 10.6 Å². The monoisotopic (exact) mass is 352 g/mol. The molecule has 0 spiro atoms. The van der Waals surface area contributed by atoms with Crippen LogP contribution in [0.3, 0.4) is 0 Å². The van der Waals surface area contributed by atoms with Crippen molar-refractivity contribution in [3.63, 3.8) is 0 Å². The molecule has 1 aliphatic heterocycles. The minimum Gasteiger partial charge on any atom is -0.354 e. The summed E-state index contributed by atoms with van der Waals surface area (Å²) in [5.74, 6) is 1.38. The summed E-state index contributed by atoms with van der Waals surface area (Å²) in [6.07, 6.45) is 11.2. The van der Waals surface area contributed by atoms with Crippen LogP contribution in [0.5, 0.6) is 0 Å². The first-order valence-corrected chi connectivity index (χ1v) is 10.9. The Bertz CT molecular complexity index is 651. The Balaban J connectivity index is 1.77. The third kappa shape index (κ3) is 4.45. The van der Waals surface area contributed by atoms with Crippen LogP contribution in [0.4, 0.5) is 5.95 Å². The van der Waals surface area contributed by atoms with E-state index in [1.807, 2.05) is 0 Å². The van der Waals surface area contributed by atoms with E-state index in [9.17, 15) is 8.42 Å². The summed E-state index contributed by atoms with van der Waals surface area (Å²) < 4.78 is 24.2. The van der Waals surface area contributed by atoms with Crippen molar-refractivity contribution in [2.45, 2.75) is 55.8 Å². The lowest BCUT2D eigenvalue weighted by molar-refractivity contribution is 0.373. The maximum absolute atomic E-state index is 12.1. The zero-order valence-corrected chi connectivity index (χ0v) is 15.2. The Kier molecular flexibility index (Phi) is 5.71. The molecule has 0 amide bonds. The quantitative estimate of drug-likeness (QED) is 0.846. The summed E-state index contributed by atoms with van der Waals surface area (Å²) in [6, 6.07) is 0. The topological polar surface area (TPSA) is 84.0 Å². The summed E-state index contributed by atoms with van der Waals surface area (Å²) in [7, 11) is -3.32. The van der Waals surface area contributed by atoms with Crippen LogP contribution >= 0.6 is 0 Å². The summed E-state index contributed by atoms with van der Waals surface area (Å²) in [5, 5.41) is 6.67. The van der Waals surface area contributed by atoms with Crippen LogP contribution in [-0.4, -0.2) is 44.3 Å². The maximum atomic E-state index is 12.1. The number of sulfone groups is 1. The molecular formula is C17H28N4O2S. The van der Waals surface area contributed by atoms with Crippen molar-refractivity contribution in [3.05, 3.63) is 11.9 Å². The number of nitrogens with one attached hydrogen (secondary N) is 2. The molecule has 0 aromatic carbocycles. The summed E-state index contributed by atoms with van der Waals surface area (Å²) in [5.41, 5.74) is 0.672. The van der Waals surface area contributed by atoms with Crippen molar-refractivity contribution in [2.24, 2.45) is 5.92 Å². The number of nitrogens with zero attached hydrogens (tertiary/aromatic N) is 2. The maximum Gasteiger partial charge on any atom is 0.222 e. The molecule has 0 bridgehead atoms. The Morgan fingerprint density at radius 2 is 2.00 bits per heavy atom. The van der Waals surface area contributed by atoms with Gasteiger partial charge < -0.3 is 10.6 Å². The van der Waals surface area contributed by atoms with Crippen molar-refractivity contribution >= 4 is 15.8 Å². The lowest BCUT2D eigenvalue weighted by Crippen LogP contribution is -2.30. The van der Waals surface area contributed by atoms with E-state index >= 15 is 0 Å².